The number of hydrogen-bond donors (Lipinski definition) is 1. The summed E-state index contributed by atoms with van der Waals surface area (Å²) in [4.78, 5) is 0. The standard InChI is InChI=1S/C32H22NS/c1-3-12-24(13-4-1)29-22-34-32(31(29)25-15-5-2-6-16-25)33-30-21-10-9-19-28(30)27-20-11-17-23-14-7-8-18-26(23)27/h1-21,33H. The van der Waals surface area contributed by atoms with Crippen molar-refractivity contribution in [3.05, 3.63) is 133 Å². The van der Waals surface area contributed by atoms with Crippen molar-refractivity contribution in [1.82, 2.24) is 0 Å². The molecule has 0 aliphatic heterocycles. The molecule has 0 aliphatic carbocycles. The highest BCUT2D eigenvalue weighted by Gasteiger charge is 2.17. The van der Waals surface area contributed by atoms with E-state index in [2.05, 4.69) is 138 Å². The number of anilines is 2. The van der Waals surface area contributed by atoms with Crippen molar-refractivity contribution in [2.24, 2.45) is 0 Å². The van der Waals surface area contributed by atoms with Gasteiger partial charge < -0.3 is 5.32 Å². The molecule has 0 aliphatic rings. The Kier molecular flexibility index (Phi) is 5.42. The third kappa shape index (κ3) is 3.79. The molecule has 0 saturated heterocycles. The predicted octanol–water partition coefficient (Wildman–Crippen LogP) is 9.45. The van der Waals surface area contributed by atoms with Crippen molar-refractivity contribution in [3.63, 3.8) is 0 Å². The smallest absolute Gasteiger partial charge is 0.102 e. The fraction of sp³-hybridized carbons (Fsp3) is 0. The summed E-state index contributed by atoms with van der Waals surface area (Å²) in [6.07, 6.45) is 0. The Balaban J connectivity index is 1.50. The van der Waals surface area contributed by atoms with Gasteiger partial charge in [-0.25, -0.2) is 0 Å². The van der Waals surface area contributed by atoms with Crippen LogP contribution in [-0.4, -0.2) is 0 Å². The summed E-state index contributed by atoms with van der Waals surface area (Å²) >= 11 is 1.63. The van der Waals surface area contributed by atoms with E-state index >= 15 is 0 Å². The Hall–Kier alpha value is -4.14. The summed E-state index contributed by atoms with van der Waals surface area (Å²) in [5, 5.41) is 11.0. The van der Waals surface area contributed by atoms with Gasteiger partial charge in [0.15, 0.2) is 0 Å². The van der Waals surface area contributed by atoms with Crippen LogP contribution in [-0.2, 0) is 0 Å². The lowest BCUT2D eigenvalue weighted by molar-refractivity contribution is 1.57. The highest BCUT2D eigenvalue weighted by atomic mass is 32.1. The minimum Gasteiger partial charge on any atom is -0.346 e. The van der Waals surface area contributed by atoms with Crippen molar-refractivity contribution < 1.29 is 0 Å². The molecule has 0 saturated carbocycles. The molecule has 6 aromatic rings. The molecule has 0 fully saturated rings. The Morgan fingerprint density at radius 1 is 0.529 bits per heavy atom. The van der Waals surface area contributed by atoms with E-state index in [-0.39, 0.29) is 0 Å². The lowest BCUT2D eigenvalue weighted by Gasteiger charge is -2.15. The van der Waals surface area contributed by atoms with Gasteiger partial charge in [0.25, 0.3) is 0 Å². The zero-order chi connectivity index (χ0) is 22.7. The van der Waals surface area contributed by atoms with Crippen LogP contribution < -0.4 is 5.32 Å². The molecule has 1 radical (unpaired) electrons. The topological polar surface area (TPSA) is 12.0 Å². The number of rotatable bonds is 5. The van der Waals surface area contributed by atoms with E-state index in [0.717, 1.165) is 16.3 Å². The molecule has 0 bridgehead atoms. The molecule has 161 valence electrons. The SMILES string of the molecule is [c]1sc(Nc2ccccc2-c2cccc3ccccc23)c(-c2ccccc2)c1-c1ccccc1. The van der Waals surface area contributed by atoms with Gasteiger partial charge in [-0.2, -0.15) is 0 Å². The van der Waals surface area contributed by atoms with Crippen LogP contribution in [0.15, 0.2) is 127 Å². The van der Waals surface area contributed by atoms with E-state index in [1.54, 1.807) is 11.3 Å². The second-order valence-corrected chi connectivity index (χ2v) is 9.03. The van der Waals surface area contributed by atoms with Crippen LogP contribution in [0, 0.1) is 5.38 Å². The molecule has 0 atom stereocenters. The first-order valence-corrected chi connectivity index (χ1v) is 12.2. The van der Waals surface area contributed by atoms with Crippen LogP contribution >= 0.6 is 11.3 Å². The van der Waals surface area contributed by atoms with Crippen LogP contribution in [0.1, 0.15) is 0 Å². The van der Waals surface area contributed by atoms with Gasteiger partial charge in [0.1, 0.15) is 5.00 Å². The van der Waals surface area contributed by atoms with Crippen molar-refractivity contribution in [2.75, 3.05) is 5.32 Å². The first kappa shape index (κ1) is 20.5. The number of fused-ring (bicyclic) bond motifs is 1. The van der Waals surface area contributed by atoms with Crippen LogP contribution in [0.25, 0.3) is 44.2 Å². The number of thiophene rings is 1. The number of hydrogen-bond acceptors (Lipinski definition) is 2. The monoisotopic (exact) mass is 452 g/mol. The number of benzene rings is 5. The Labute approximate surface area is 204 Å². The lowest BCUT2D eigenvalue weighted by Crippen LogP contribution is -1.94. The predicted molar refractivity (Wildman–Crippen MR) is 147 cm³/mol. The summed E-state index contributed by atoms with van der Waals surface area (Å²) < 4.78 is 0. The van der Waals surface area contributed by atoms with Gasteiger partial charge in [0.2, 0.25) is 0 Å². The average molecular weight is 453 g/mol. The van der Waals surface area contributed by atoms with Crippen LogP contribution in [0.5, 0.6) is 0 Å². The summed E-state index contributed by atoms with van der Waals surface area (Å²) in [7, 11) is 0. The van der Waals surface area contributed by atoms with Crippen LogP contribution in [0.4, 0.5) is 10.7 Å². The van der Waals surface area contributed by atoms with Crippen LogP contribution in [0.3, 0.4) is 0 Å². The summed E-state index contributed by atoms with van der Waals surface area (Å²) in [5.74, 6) is 0. The molecule has 6 rings (SSSR count). The summed E-state index contributed by atoms with van der Waals surface area (Å²) in [5.41, 5.74) is 8.17. The molecule has 34 heavy (non-hydrogen) atoms. The van der Waals surface area contributed by atoms with Gasteiger partial charge in [-0.15, -0.1) is 11.3 Å². The molecule has 1 nitrogen and oxygen atoms in total. The van der Waals surface area contributed by atoms with E-state index in [1.165, 1.54) is 38.6 Å². The lowest BCUT2D eigenvalue weighted by atomic mass is 9.96. The Morgan fingerprint density at radius 2 is 1.15 bits per heavy atom. The second kappa shape index (κ2) is 9.01. The first-order chi connectivity index (χ1) is 16.9. The van der Waals surface area contributed by atoms with E-state index < -0.39 is 0 Å². The molecular formula is C32H22NS. The van der Waals surface area contributed by atoms with Crippen molar-refractivity contribution in [3.8, 4) is 33.4 Å². The molecule has 1 aromatic heterocycles. The van der Waals surface area contributed by atoms with Crippen molar-refractivity contribution in [1.29, 1.82) is 0 Å². The zero-order valence-corrected chi connectivity index (χ0v) is 19.3. The number of nitrogens with one attached hydrogen (secondary N) is 1. The average Bonchev–Trinajstić information content (AvgIpc) is 3.33. The van der Waals surface area contributed by atoms with Gasteiger partial charge in [-0.05, 0) is 33.5 Å². The van der Waals surface area contributed by atoms with E-state index in [1.807, 2.05) is 0 Å². The van der Waals surface area contributed by atoms with Gasteiger partial charge in [-0.1, -0.05) is 121 Å². The Bertz CT molecular complexity index is 1560. The molecule has 1 N–H and O–H groups in total. The molecule has 0 unspecified atom stereocenters. The van der Waals surface area contributed by atoms with Gasteiger partial charge in [0, 0.05) is 22.4 Å². The Morgan fingerprint density at radius 3 is 1.97 bits per heavy atom. The maximum atomic E-state index is 3.78. The maximum absolute atomic E-state index is 3.78. The summed E-state index contributed by atoms with van der Waals surface area (Å²) in [6.45, 7) is 0. The largest absolute Gasteiger partial charge is 0.346 e. The fourth-order valence-electron chi connectivity index (χ4n) is 4.50. The molecule has 2 heteroatoms. The molecule has 5 aromatic carbocycles. The molecule has 1 heterocycles. The maximum Gasteiger partial charge on any atom is 0.102 e. The first-order valence-electron chi connectivity index (χ1n) is 11.4. The minimum atomic E-state index is 1.09. The molecule has 0 spiro atoms. The fourth-order valence-corrected chi connectivity index (χ4v) is 5.41. The van der Waals surface area contributed by atoms with Crippen molar-refractivity contribution >= 4 is 32.8 Å². The molecular weight excluding hydrogens is 430 g/mol. The quantitative estimate of drug-likeness (QED) is 0.275. The van der Waals surface area contributed by atoms with Gasteiger partial charge in [-0.3, -0.25) is 0 Å². The minimum absolute atomic E-state index is 1.09. The van der Waals surface area contributed by atoms with Gasteiger partial charge >= 0.3 is 0 Å². The third-order valence-corrected chi connectivity index (χ3v) is 6.93. The second-order valence-electron chi connectivity index (χ2n) is 8.21. The summed E-state index contributed by atoms with van der Waals surface area (Å²) in [6, 6.07) is 44.7. The van der Waals surface area contributed by atoms with E-state index in [9.17, 15) is 0 Å². The van der Waals surface area contributed by atoms with E-state index in [4.69, 9.17) is 0 Å². The van der Waals surface area contributed by atoms with Crippen molar-refractivity contribution in [2.45, 2.75) is 0 Å². The normalized spacial score (nSPS) is 10.9. The van der Waals surface area contributed by atoms with Gasteiger partial charge in [0.05, 0.1) is 5.38 Å². The third-order valence-electron chi connectivity index (χ3n) is 6.11. The molecule has 0 amide bonds. The number of para-hydroxylation sites is 1. The highest BCUT2D eigenvalue weighted by Crippen LogP contribution is 2.45. The highest BCUT2D eigenvalue weighted by molar-refractivity contribution is 7.15. The van der Waals surface area contributed by atoms with Crippen LogP contribution in [0.2, 0.25) is 0 Å². The van der Waals surface area contributed by atoms with E-state index in [0.29, 0.717) is 0 Å². The zero-order valence-electron chi connectivity index (χ0n) is 18.5.